The lowest BCUT2D eigenvalue weighted by Crippen LogP contribution is -2.39. The van der Waals surface area contributed by atoms with Crippen molar-refractivity contribution in [1.82, 2.24) is 4.90 Å². The standard InChI is InChI=1S/C16H29NO/c1-14(2)7-5-6-12-18-16-8-10-17(11-9-16)13-15(3)4/h14-16H,6,8-13H2,1-4H3. The van der Waals surface area contributed by atoms with Gasteiger partial charge in [0.15, 0.2) is 0 Å². The molecule has 0 aromatic rings. The summed E-state index contributed by atoms with van der Waals surface area (Å²) in [6, 6.07) is 0. The normalized spacial score (nSPS) is 18.1. The lowest BCUT2D eigenvalue weighted by atomic mass is 10.1. The van der Waals surface area contributed by atoms with Crippen LogP contribution in [0.5, 0.6) is 0 Å². The van der Waals surface area contributed by atoms with Crippen molar-refractivity contribution in [2.45, 2.75) is 53.1 Å². The van der Waals surface area contributed by atoms with Crippen molar-refractivity contribution in [1.29, 1.82) is 0 Å². The van der Waals surface area contributed by atoms with Gasteiger partial charge in [-0.2, -0.15) is 0 Å². The summed E-state index contributed by atoms with van der Waals surface area (Å²) in [6.07, 6.45) is 3.72. The first-order chi connectivity index (χ1) is 8.58. The van der Waals surface area contributed by atoms with Gasteiger partial charge >= 0.3 is 0 Å². The van der Waals surface area contributed by atoms with Gasteiger partial charge in [-0.1, -0.05) is 27.7 Å². The van der Waals surface area contributed by atoms with E-state index < -0.39 is 0 Å². The molecule has 0 radical (unpaired) electrons. The number of hydrogen-bond acceptors (Lipinski definition) is 2. The Balaban J connectivity index is 2.07. The van der Waals surface area contributed by atoms with Crippen molar-refractivity contribution in [3.8, 4) is 11.8 Å². The lowest BCUT2D eigenvalue weighted by Gasteiger charge is -2.32. The van der Waals surface area contributed by atoms with E-state index in [1.54, 1.807) is 0 Å². The molecule has 18 heavy (non-hydrogen) atoms. The first-order valence-corrected chi connectivity index (χ1v) is 7.40. The number of likely N-dealkylation sites (tertiary alicyclic amines) is 1. The SMILES string of the molecule is CC(C)C#CCCOC1CCN(CC(C)C)CC1. The highest BCUT2D eigenvalue weighted by molar-refractivity contribution is 5.01. The van der Waals surface area contributed by atoms with Crippen LogP contribution in [-0.4, -0.2) is 37.2 Å². The van der Waals surface area contributed by atoms with E-state index in [0.29, 0.717) is 12.0 Å². The van der Waals surface area contributed by atoms with Crippen molar-refractivity contribution in [3.63, 3.8) is 0 Å². The van der Waals surface area contributed by atoms with Gasteiger partial charge < -0.3 is 9.64 Å². The molecule has 1 rings (SSSR count). The fourth-order valence-electron chi connectivity index (χ4n) is 2.33. The molecular weight excluding hydrogens is 222 g/mol. The summed E-state index contributed by atoms with van der Waals surface area (Å²) in [5.74, 6) is 7.60. The van der Waals surface area contributed by atoms with Crippen LogP contribution in [0.2, 0.25) is 0 Å². The second kappa shape index (κ2) is 8.56. The molecule has 0 unspecified atom stereocenters. The monoisotopic (exact) mass is 251 g/mol. The Morgan fingerprint density at radius 3 is 2.39 bits per heavy atom. The van der Waals surface area contributed by atoms with E-state index in [-0.39, 0.29) is 0 Å². The van der Waals surface area contributed by atoms with Crippen molar-refractivity contribution < 1.29 is 4.74 Å². The Hall–Kier alpha value is -0.520. The van der Waals surface area contributed by atoms with Gasteiger partial charge in [0.05, 0.1) is 12.7 Å². The fourth-order valence-corrected chi connectivity index (χ4v) is 2.33. The number of nitrogens with zero attached hydrogens (tertiary/aromatic N) is 1. The number of hydrogen-bond donors (Lipinski definition) is 0. The Kier molecular flexibility index (Phi) is 7.39. The Labute approximate surface area is 113 Å². The van der Waals surface area contributed by atoms with E-state index in [2.05, 4.69) is 44.4 Å². The first kappa shape index (κ1) is 15.5. The van der Waals surface area contributed by atoms with Gasteiger partial charge in [0.2, 0.25) is 0 Å². The first-order valence-electron chi connectivity index (χ1n) is 7.40. The van der Waals surface area contributed by atoms with Crippen LogP contribution in [0.15, 0.2) is 0 Å². The summed E-state index contributed by atoms with van der Waals surface area (Å²) in [4.78, 5) is 2.56. The maximum Gasteiger partial charge on any atom is 0.0600 e. The van der Waals surface area contributed by atoms with Crippen LogP contribution in [0, 0.1) is 23.7 Å². The molecule has 0 N–H and O–H groups in total. The molecule has 0 amide bonds. The smallest absolute Gasteiger partial charge is 0.0600 e. The van der Waals surface area contributed by atoms with E-state index >= 15 is 0 Å². The molecule has 1 heterocycles. The Morgan fingerprint density at radius 1 is 1.17 bits per heavy atom. The zero-order chi connectivity index (χ0) is 13.4. The number of rotatable bonds is 5. The van der Waals surface area contributed by atoms with E-state index in [9.17, 15) is 0 Å². The predicted octanol–water partition coefficient (Wildman–Crippen LogP) is 3.17. The third-order valence-electron chi connectivity index (χ3n) is 3.13. The van der Waals surface area contributed by atoms with Crippen molar-refractivity contribution >= 4 is 0 Å². The van der Waals surface area contributed by atoms with E-state index in [1.165, 1.54) is 32.5 Å². The molecule has 0 bridgehead atoms. The minimum atomic E-state index is 0.467. The summed E-state index contributed by atoms with van der Waals surface area (Å²) in [5.41, 5.74) is 0. The highest BCUT2D eigenvalue weighted by atomic mass is 16.5. The van der Waals surface area contributed by atoms with Crippen molar-refractivity contribution in [2.24, 2.45) is 11.8 Å². The van der Waals surface area contributed by atoms with E-state index in [1.807, 2.05) is 0 Å². The quantitative estimate of drug-likeness (QED) is 0.550. The van der Waals surface area contributed by atoms with Gasteiger partial charge in [0, 0.05) is 32.0 Å². The van der Waals surface area contributed by atoms with Crippen molar-refractivity contribution in [3.05, 3.63) is 0 Å². The molecule has 0 spiro atoms. The average Bonchev–Trinajstić information content (AvgIpc) is 2.30. The van der Waals surface area contributed by atoms with Gasteiger partial charge in [0.1, 0.15) is 0 Å². The third-order valence-corrected chi connectivity index (χ3v) is 3.13. The molecule has 2 heteroatoms. The van der Waals surface area contributed by atoms with Gasteiger partial charge in [-0.15, -0.1) is 11.8 Å². The second-order valence-electron chi connectivity index (χ2n) is 5.99. The summed E-state index contributed by atoms with van der Waals surface area (Å²) >= 11 is 0. The second-order valence-corrected chi connectivity index (χ2v) is 5.99. The molecule has 0 aliphatic carbocycles. The van der Waals surface area contributed by atoms with Crippen LogP contribution >= 0.6 is 0 Å². The van der Waals surface area contributed by atoms with Crippen LogP contribution in [-0.2, 0) is 4.74 Å². The molecular formula is C16H29NO. The van der Waals surface area contributed by atoms with Crippen molar-refractivity contribution in [2.75, 3.05) is 26.2 Å². The zero-order valence-corrected chi connectivity index (χ0v) is 12.5. The van der Waals surface area contributed by atoms with E-state index in [4.69, 9.17) is 4.74 Å². The molecule has 104 valence electrons. The maximum atomic E-state index is 5.89. The van der Waals surface area contributed by atoms with Crippen LogP contribution in [0.4, 0.5) is 0 Å². The highest BCUT2D eigenvalue weighted by Crippen LogP contribution is 2.15. The highest BCUT2D eigenvalue weighted by Gasteiger charge is 2.19. The molecule has 0 aromatic heterocycles. The topological polar surface area (TPSA) is 12.5 Å². The molecule has 1 aliphatic rings. The maximum absolute atomic E-state index is 5.89. The number of ether oxygens (including phenoxy) is 1. The average molecular weight is 251 g/mol. The number of piperidine rings is 1. The lowest BCUT2D eigenvalue weighted by molar-refractivity contribution is 0.00824. The van der Waals surface area contributed by atoms with Gasteiger partial charge in [-0.25, -0.2) is 0 Å². The molecule has 1 aliphatic heterocycles. The molecule has 0 atom stereocenters. The summed E-state index contributed by atoms with van der Waals surface area (Å²) in [6.45, 7) is 13.2. The largest absolute Gasteiger partial charge is 0.377 e. The fraction of sp³-hybridized carbons (Fsp3) is 0.875. The molecule has 1 fully saturated rings. The molecule has 1 saturated heterocycles. The van der Waals surface area contributed by atoms with Crippen LogP contribution in [0.1, 0.15) is 47.0 Å². The van der Waals surface area contributed by atoms with Gasteiger partial charge in [0.25, 0.3) is 0 Å². The Morgan fingerprint density at radius 2 is 1.83 bits per heavy atom. The van der Waals surface area contributed by atoms with Gasteiger partial charge in [-0.3, -0.25) is 0 Å². The minimum absolute atomic E-state index is 0.467. The summed E-state index contributed by atoms with van der Waals surface area (Å²) in [5, 5.41) is 0. The Bertz CT molecular complexity index is 267. The van der Waals surface area contributed by atoms with Crippen LogP contribution in [0.25, 0.3) is 0 Å². The van der Waals surface area contributed by atoms with Gasteiger partial charge in [-0.05, 0) is 18.8 Å². The zero-order valence-electron chi connectivity index (χ0n) is 12.5. The van der Waals surface area contributed by atoms with E-state index in [0.717, 1.165) is 18.9 Å². The molecule has 2 nitrogen and oxygen atoms in total. The van der Waals surface area contributed by atoms with Crippen LogP contribution in [0.3, 0.4) is 0 Å². The van der Waals surface area contributed by atoms with Crippen LogP contribution < -0.4 is 0 Å². The molecule has 0 saturated carbocycles. The summed E-state index contributed by atoms with van der Waals surface area (Å²) in [7, 11) is 0. The predicted molar refractivity (Wildman–Crippen MR) is 77.5 cm³/mol. The summed E-state index contributed by atoms with van der Waals surface area (Å²) < 4.78 is 5.89. The third kappa shape index (κ3) is 7.03. The molecule has 0 aromatic carbocycles. The minimum Gasteiger partial charge on any atom is -0.377 e.